The number of likely N-dealkylation sites (tertiary alicyclic amines) is 1. The third-order valence-electron chi connectivity index (χ3n) is 6.58. The van der Waals surface area contributed by atoms with Gasteiger partial charge in [0.05, 0.1) is 11.7 Å². The van der Waals surface area contributed by atoms with Crippen molar-refractivity contribution in [2.24, 2.45) is 10.9 Å². The van der Waals surface area contributed by atoms with Gasteiger partial charge in [-0.1, -0.05) is 12.8 Å². The van der Waals surface area contributed by atoms with E-state index in [1.54, 1.807) is 4.90 Å². The molecule has 1 spiro atoms. The summed E-state index contributed by atoms with van der Waals surface area (Å²) in [6, 6.07) is 3.22. The molecule has 5 nitrogen and oxygen atoms in total. The number of amides is 2. The zero-order chi connectivity index (χ0) is 19.3. The maximum Gasteiger partial charge on any atom is 0.328 e. The van der Waals surface area contributed by atoms with Crippen molar-refractivity contribution in [3.8, 4) is 0 Å². The molecule has 28 heavy (non-hydrogen) atoms. The van der Waals surface area contributed by atoms with Crippen LogP contribution in [0.1, 0.15) is 44.9 Å². The van der Waals surface area contributed by atoms with Crippen LogP contribution in [0, 0.1) is 17.6 Å². The lowest BCUT2D eigenvalue weighted by Gasteiger charge is -2.34. The van der Waals surface area contributed by atoms with Crippen LogP contribution in [0.2, 0.25) is 0 Å². The molecule has 1 N–H and O–H groups in total. The second-order valence-corrected chi connectivity index (χ2v) is 8.77. The first-order chi connectivity index (χ1) is 13.5. The van der Waals surface area contributed by atoms with Crippen LogP contribution in [0.4, 0.5) is 19.3 Å². The van der Waals surface area contributed by atoms with Gasteiger partial charge in [-0.3, -0.25) is 15.2 Å². The number of carbonyl (C=O) groups is 1. The van der Waals surface area contributed by atoms with Crippen LogP contribution < -0.4 is 10.2 Å². The smallest absolute Gasteiger partial charge is 0.300 e. The molecule has 2 aliphatic heterocycles. The Balaban J connectivity index is 1.53. The van der Waals surface area contributed by atoms with Crippen molar-refractivity contribution < 1.29 is 13.6 Å². The van der Waals surface area contributed by atoms with E-state index in [0.717, 1.165) is 57.2 Å². The molecule has 1 aromatic carbocycles. The molecular weight excluding hydrogens is 362 g/mol. The summed E-state index contributed by atoms with van der Waals surface area (Å²) in [5, 5.41) is 2.96. The van der Waals surface area contributed by atoms with Crippen molar-refractivity contribution >= 4 is 17.6 Å². The molecule has 2 aliphatic carbocycles. The first kappa shape index (κ1) is 18.0. The maximum atomic E-state index is 13.9. The molecule has 0 aromatic heterocycles. The Bertz CT molecular complexity index is 798. The standard InChI is InChI=1S/C21H26F2N4O/c22-15-9-16(23)11-18(10-15)27-20(28)25-19(24-17-3-1-2-4-17)21(27)7-8-26(13-21)12-14-5-6-14/h9-11,14,17H,1-8,12-13H2,(H,24,25,28). The number of aliphatic imine (C=N–C) groups is 1. The average molecular weight is 388 g/mol. The molecule has 1 atom stereocenters. The van der Waals surface area contributed by atoms with E-state index in [2.05, 4.69) is 10.2 Å². The van der Waals surface area contributed by atoms with Gasteiger partial charge >= 0.3 is 6.03 Å². The minimum Gasteiger partial charge on any atom is -0.300 e. The van der Waals surface area contributed by atoms with Gasteiger partial charge < -0.3 is 4.90 Å². The summed E-state index contributed by atoms with van der Waals surface area (Å²) in [5.41, 5.74) is -0.394. The molecule has 1 unspecified atom stereocenters. The van der Waals surface area contributed by atoms with Crippen LogP contribution >= 0.6 is 0 Å². The van der Waals surface area contributed by atoms with Crippen LogP contribution in [0.15, 0.2) is 23.2 Å². The van der Waals surface area contributed by atoms with Crippen molar-refractivity contribution in [2.45, 2.75) is 56.5 Å². The highest BCUT2D eigenvalue weighted by Gasteiger charge is 2.56. The van der Waals surface area contributed by atoms with E-state index < -0.39 is 17.2 Å². The third-order valence-corrected chi connectivity index (χ3v) is 6.58. The van der Waals surface area contributed by atoms with Crippen LogP contribution in [0.25, 0.3) is 0 Å². The maximum absolute atomic E-state index is 13.9. The number of halogens is 2. The number of benzene rings is 1. The normalized spacial score (nSPS) is 30.1. The van der Waals surface area contributed by atoms with Gasteiger partial charge in [-0.05, 0) is 50.2 Å². The van der Waals surface area contributed by atoms with E-state index in [4.69, 9.17) is 4.99 Å². The number of urea groups is 1. The number of carbonyl (C=O) groups excluding carboxylic acids is 1. The molecule has 2 saturated heterocycles. The fourth-order valence-electron chi connectivity index (χ4n) is 5.04. The van der Waals surface area contributed by atoms with E-state index in [-0.39, 0.29) is 17.8 Å². The van der Waals surface area contributed by atoms with Gasteiger partial charge in [0.15, 0.2) is 0 Å². The lowest BCUT2D eigenvalue weighted by molar-refractivity contribution is 0.250. The Morgan fingerprint density at radius 3 is 2.50 bits per heavy atom. The van der Waals surface area contributed by atoms with Gasteiger partial charge in [-0.2, -0.15) is 0 Å². The monoisotopic (exact) mass is 388 g/mol. The molecular formula is C21H26F2N4O. The van der Waals surface area contributed by atoms with E-state index in [0.29, 0.717) is 12.4 Å². The van der Waals surface area contributed by atoms with Crippen LogP contribution in [-0.2, 0) is 0 Å². The molecule has 1 aromatic rings. The highest BCUT2D eigenvalue weighted by Crippen LogP contribution is 2.40. The molecule has 2 amide bonds. The van der Waals surface area contributed by atoms with Gasteiger partial charge in [-0.15, -0.1) is 0 Å². The quantitative estimate of drug-likeness (QED) is 0.855. The van der Waals surface area contributed by atoms with Crippen molar-refractivity contribution in [1.82, 2.24) is 10.2 Å². The Morgan fingerprint density at radius 1 is 1.11 bits per heavy atom. The van der Waals surface area contributed by atoms with Crippen molar-refractivity contribution in [2.75, 3.05) is 24.5 Å². The number of hydrogen-bond donors (Lipinski definition) is 1. The predicted octanol–water partition coefficient (Wildman–Crippen LogP) is 3.69. The molecule has 4 fully saturated rings. The fourth-order valence-corrected chi connectivity index (χ4v) is 5.04. The topological polar surface area (TPSA) is 47.9 Å². The summed E-state index contributed by atoms with van der Waals surface area (Å²) in [6.07, 6.45) is 7.66. The highest BCUT2D eigenvalue weighted by atomic mass is 19.1. The van der Waals surface area contributed by atoms with E-state index in [1.165, 1.54) is 25.0 Å². The Labute approximate surface area is 163 Å². The first-order valence-corrected chi connectivity index (χ1v) is 10.4. The van der Waals surface area contributed by atoms with Crippen molar-refractivity contribution in [3.05, 3.63) is 29.8 Å². The number of amidine groups is 1. The van der Waals surface area contributed by atoms with Gasteiger partial charge in [0.1, 0.15) is 23.0 Å². The average Bonchev–Trinajstić information content (AvgIpc) is 3.02. The number of rotatable bonds is 4. The molecule has 2 heterocycles. The molecule has 2 saturated carbocycles. The Hall–Kier alpha value is -2.02. The molecule has 150 valence electrons. The van der Waals surface area contributed by atoms with Crippen LogP contribution in [0.5, 0.6) is 0 Å². The van der Waals surface area contributed by atoms with Crippen molar-refractivity contribution in [3.63, 3.8) is 0 Å². The summed E-state index contributed by atoms with van der Waals surface area (Å²) < 4.78 is 27.9. The molecule has 4 aliphatic rings. The first-order valence-electron chi connectivity index (χ1n) is 10.4. The molecule has 7 heteroatoms. The second-order valence-electron chi connectivity index (χ2n) is 8.77. The lowest BCUT2D eigenvalue weighted by Crippen LogP contribution is -2.52. The molecule has 5 rings (SSSR count). The number of anilines is 1. The third kappa shape index (κ3) is 3.19. The minimum absolute atomic E-state index is 0.230. The van der Waals surface area contributed by atoms with Crippen LogP contribution in [0.3, 0.4) is 0 Å². The second kappa shape index (κ2) is 6.79. The van der Waals surface area contributed by atoms with Crippen LogP contribution in [-0.4, -0.2) is 48.0 Å². The minimum atomic E-state index is -0.674. The van der Waals surface area contributed by atoms with E-state index >= 15 is 0 Å². The number of nitrogens with zero attached hydrogens (tertiary/aromatic N) is 3. The van der Waals surface area contributed by atoms with Gasteiger partial charge in [0.2, 0.25) is 0 Å². The molecule has 0 bridgehead atoms. The van der Waals surface area contributed by atoms with Gasteiger partial charge in [0, 0.05) is 25.7 Å². The lowest BCUT2D eigenvalue weighted by atomic mass is 9.95. The summed E-state index contributed by atoms with van der Waals surface area (Å²) >= 11 is 0. The van der Waals surface area contributed by atoms with E-state index in [9.17, 15) is 13.6 Å². The Morgan fingerprint density at radius 2 is 1.82 bits per heavy atom. The Kier molecular flexibility index (Phi) is 4.38. The van der Waals surface area contributed by atoms with Crippen molar-refractivity contribution in [1.29, 1.82) is 0 Å². The predicted molar refractivity (Wildman–Crippen MR) is 104 cm³/mol. The number of hydrogen-bond acceptors (Lipinski definition) is 3. The molecule has 0 radical (unpaired) electrons. The largest absolute Gasteiger partial charge is 0.328 e. The summed E-state index contributed by atoms with van der Waals surface area (Å²) in [5.74, 6) is 0.0850. The van der Waals surface area contributed by atoms with E-state index in [1.807, 2.05) is 0 Å². The van der Waals surface area contributed by atoms with Gasteiger partial charge in [0.25, 0.3) is 0 Å². The highest BCUT2D eigenvalue weighted by molar-refractivity contribution is 6.19. The SMILES string of the molecule is O=C1NC(=NC2CCCC2)C2(CCN(CC3CC3)C2)N1c1cc(F)cc(F)c1. The van der Waals surface area contributed by atoms with Gasteiger partial charge in [-0.25, -0.2) is 13.6 Å². The zero-order valence-electron chi connectivity index (χ0n) is 16.0. The fraction of sp³-hybridized carbons (Fsp3) is 0.619. The zero-order valence-corrected chi connectivity index (χ0v) is 16.0. The summed E-state index contributed by atoms with van der Waals surface area (Å²) in [7, 11) is 0. The number of nitrogens with one attached hydrogen (secondary N) is 1. The summed E-state index contributed by atoms with van der Waals surface area (Å²) in [6.45, 7) is 2.55. The summed E-state index contributed by atoms with van der Waals surface area (Å²) in [4.78, 5) is 21.8.